The lowest BCUT2D eigenvalue weighted by Crippen LogP contribution is -2.40. The summed E-state index contributed by atoms with van der Waals surface area (Å²) in [4.78, 5) is 24.1. The lowest BCUT2D eigenvalue weighted by molar-refractivity contribution is -0.145. The Balaban J connectivity index is 1.94. The van der Waals surface area contributed by atoms with Crippen LogP contribution in [0.4, 0.5) is 0 Å². The first kappa shape index (κ1) is 15.1. The van der Waals surface area contributed by atoms with Gasteiger partial charge < -0.3 is 14.7 Å². The van der Waals surface area contributed by atoms with Crippen molar-refractivity contribution in [1.82, 2.24) is 4.90 Å². The van der Waals surface area contributed by atoms with Gasteiger partial charge in [0.25, 0.3) is 5.91 Å². The Hall–Kier alpha value is -1.27. The quantitative estimate of drug-likeness (QED) is 0.844. The molecule has 0 unspecified atom stereocenters. The van der Waals surface area contributed by atoms with Crippen molar-refractivity contribution >= 4 is 39.4 Å². The average molecular weight is 363 g/mol. The van der Waals surface area contributed by atoms with Gasteiger partial charge in [0.2, 0.25) is 0 Å². The van der Waals surface area contributed by atoms with Crippen LogP contribution in [0.1, 0.15) is 12.8 Å². The molecular formula is C13H13BrClNO4. The molecule has 1 fully saturated rings. The molecule has 2 rings (SSSR count). The molecule has 0 spiro atoms. The second-order valence-corrected chi connectivity index (χ2v) is 5.83. The smallest absolute Gasteiger partial charge is 0.323 e. The molecular weight excluding hydrogens is 350 g/mol. The molecule has 1 aliphatic rings. The van der Waals surface area contributed by atoms with Crippen LogP contribution in [0.2, 0.25) is 5.02 Å². The summed E-state index contributed by atoms with van der Waals surface area (Å²) >= 11 is 9.25. The predicted molar refractivity (Wildman–Crippen MR) is 77.0 cm³/mol. The van der Waals surface area contributed by atoms with Crippen molar-refractivity contribution in [2.75, 3.05) is 13.2 Å². The van der Waals surface area contributed by atoms with E-state index >= 15 is 0 Å². The lowest BCUT2D eigenvalue weighted by atomic mass is 10.3. The van der Waals surface area contributed by atoms with Crippen molar-refractivity contribution in [2.24, 2.45) is 0 Å². The fourth-order valence-corrected chi connectivity index (χ4v) is 2.50. The van der Waals surface area contributed by atoms with Crippen LogP contribution in [0.25, 0.3) is 0 Å². The second kappa shape index (κ2) is 6.45. The zero-order valence-corrected chi connectivity index (χ0v) is 12.9. The maximum Gasteiger partial charge on any atom is 0.323 e. The molecule has 0 bridgehead atoms. The fraction of sp³-hybridized carbons (Fsp3) is 0.385. The number of amides is 1. The number of carboxylic acid groups (broad SMARTS) is 1. The highest BCUT2D eigenvalue weighted by Gasteiger charge is 2.33. The lowest BCUT2D eigenvalue weighted by Gasteiger charge is -2.20. The summed E-state index contributed by atoms with van der Waals surface area (Å²) in [6.45, 7) is -0.508. The topological polar surface area (TPSA) is 66.8 Å². The summed E-state index contributed by atoms with van der Waals surface area (Å²) in [5.74, 6) is -0.963. The molecule has 1 aromatic rings. The fourth-order valence-electron chi connectivity index (χ4n) is 1.77. The van der Waals surface area contributed by atoms with Gasteiger partial charge in [-0.15, -0.1) is 0 Å². The first-order chi connectivity index (χ1) is 9.47. The summed E-state index contributed by atoms with van der Waals surface area (Å²) in [5.41, 5.74) is 0. The Kier molecular flexibility index (Phi) is 4.88. The van der Waals surface area contributed by atoms with Gasteiger partial charge in [-0.2, -0.15) is 0 Å². The molecule has 0 heterocycles. The third-order valence-corrected chi connectivity index (χ3v) is 3.65. The van der Waals surface area contributed by atoms with Gasteiger partial charge in [-0.3, -0.25) is 9.59 Å². The van der Waals surface area contributed by atoms with E-state index in [1.807, 2.05) is 0 Å². The number of benzene rings is 1. The Morgan fingerprint density at radius 1 is 1.45 bits per heavy atom. The maximum atomic E-state index is 12.0. The Labute approximate surface area is 129 Å². The molecule has 1 saturated carbocycles. The summed E-state index contributed by atoms with van der Waals surface area (Å²) in [6, 6.07) is 5.10. The van der Waals surface area contributed by atoms with Crippen LogP contribution in [-0.4, -0.2) is 41.1 Å². The van der Waals surface area contributed by atoms with E-state index in [0.717, 1.165) is 17.3 Å². The monoisotopic (exact) mass is 361 g/mol. The third kappa shape index (κ3) is 4.11. The molecule has 0 saturated heterocycles. The van der Waals surface area contributed by atoms with E-state index in [9.17, 15) is 9.59 Å². The number of hydrogen-bond acceptors (Lipinski definition) is 3. The normalized spacial score (nSPS) is 13.9. The van der Waals surface area contributed by atoms with Crippen LogP contribution in [0.15, 0.2) is 22.7 Å². The zero-order valence-electron chi connectivity index (χ0n) is 10.5. The minimum absolute atomic E-state index is 0.0302. The van der Waals surface area contributed by atoms with Gasteiger partial charge in [0.1, 0.15) is 12.3 Å². The van der Waals surface area contributed by atoms with E-state index < -0.39 is 5.97 Å². The summed E-state index contributed by atoms with van der Waals surface area (Å²) in [7, 11) is 0. The van der Waals surface area contributed by atoms with E-state index in [0.29, 0.717) is 10.8 Å². The first-order valence-corrected chi connectivity index (χ1v) is 7.23. The maximum absolute atomic E-state index is 12.0. The molecule has 1 amide bonds. The summed E-state index contributed by atoms with van der Waals surface area (Å²) in [5, 5.41) is 9.20. The molecule has 0 radical (unpaired) electrons. The number of hydrogen-bond donors (Lipinski definition) is 1. The van der Waals surface area contributed by atoms with Crippen molar-refractivity contribution < 1.29 is 19.4 Å². The Morgan fingerprint density at radius 2 is 2.15 bits per heavy atom. The van der Waals surface area contributed by atoms with Gasteiger partial charge in [-0.05, 0) is 31.0 Å². The van der Waals surface area contributed by atoms with E-state index in [1.54, 1.807) is 18.2 Å². The molecule has 1 N–H and O–H groups in total. The highest BCUT2D eigenvalue weighted by atomic mass is 79.9. The molecule has 1 aliphatic carbocycles. The Bertz CT molecular complexity index is 533. The largest absolute Gasteiger partial charge is 0.482 e. The van der Waals surface area contributed by atoms with E-state index in [4.69, 9.17) is 21.4 Å². The minimum atomic E-state index is -1.02. The molecule has 7 heteroatoms. The number of nitrogens with zero attached hydrogens (tertiary/aromatic N) is 1. The number of aliphatic carboxylic acids is 1. The van der Waals surface area contributed by atoms with Crippen molar-refractivity contribution in [3.8, 4) is 5.75 Å². The highest BCUT2D eigenvalue weighted by molar-refractivity contribution is 9.10. The van der Waals surface area contributed by atoms with Crippen molar-refractivity contribution in [3.63, 3.8) is 0 Å². The molecule has 5 nitrogen and oxygen atoms in total. The second-order valence-electron chi connectivity index (χ2n) is 4.51. The average Bonchev–Trinajstić information content (AvgIpc) is 3.18. The van der Waals surface area contributed by atoms with Gasteiger partial charge in [0.15, 0.2) is 6.61 Å². The van der Waals surface area contributed by atoms with Crippen LogP contribution in [0.5, 0.6) is 5.75 Å². The van der Waals surface area contributed by atoms with Crippen LogP contribution < -0.4 is 4.74 Å². The first-order valence-electron chi connectivity index (χ1n) is 6.06. The summed E-state index contributed by atoms with van der Waals surface area (Å²) in [6.07, 6.45) is 1.69. The SMILES string of the molecule is O=C(O)CN(C(=O)COc1ccc(Br)cc1Cl)C1CC1. The van der Waals surface area contributed by atoms with Crippen LogP contribution in [-0.2, 0) is 9.59 Å². The van der Waals surface area contributed by atoms with Crippen LogP contribution >= 0.6 is 27.5 Å². The molecule has 0 atom stereocenters. The van der Waals surface area contributed by atoms with E-state index in [1.165, 1.54) is 4.90 Å². The van der Waals surface area contributed by atoms with Crippen LogP contribution in [0, 0.1) is 0 Å². The minimum Gasteiger partial charge on any atom is -0.482 e. The van der Waals surface area contributed by atoms with Gasteiger partial charge in [-0.25, -0.2) is 0 Å². The van der Waals surface area contributed by atoms with Gasteiger partial charge in [0.05, 0.1) is 5.02 Å². The van der Waals surface area contributed by atoms with E-state index in [2.05, 4.69) is 15.9 Å². The predicted octanol–water partition coefficient (Wildman–Crippen LogP) is 2.56. The van der Waals surface area contributed by atoms with Crippen molar-refractivity contribution in [1.29, 1.82) is 0 Å². The number of rotatable bonds is 6. The van der Waals surface area contributed by atoms with Gasteiger partial charge in [-0.1, -0.05) is 27.5 Å². The van der Waals surface area contributed by atoms with Crippen molar-refractivity contribution in [2.45, 2.75) is 18.9 Å². The molecule has 20 heavy (non-hydrogen) atoms. The standard InChI is InChI=1S/C13H13BrClNO4/c14-8-1-4-11(10(15)5-8)20-7-12(17)16(6-13(18)19)9-2-3-9/h1,4-5,9H,2-3,6-7H2,(H,18,19). The van der Waals surface area contributed by atoms with E-state index in [-0.39, 0.29) is 25.1 Å². The number of ether oxygens (including phenoxy) is 1. The highest BCUT2D eigenvalue weighted by Crippen LogP contribution is 2.29. The zero-order chi connectivity index (χ0) is 14.7. The van der Waals surface area contributed by atoms with Crippen molar-refractivity contribution in [3.05, 3.63) is 27.7 Å². The summed E-state index contributed by atoms with van der Waals surface area (Å²) < 4.78 is 6.17. The van der Waals surface area contributed by atoms with Crippen LogP contribution in [0.3, 0.4) is 0 Å². The molecule has 0 aromatic heterocycles. The molecule has 0 aliphatic heterocycles. The molecule has 1 aromatic carbocycles. The molecule has 108 valence electrons. The Morgan fingerprint density at radius 3 is 2.70 bits per heavy atom. The number of carbonyl (C=O) groups is 2. The number of carbonyl (C=O) groups excluding carboxylic acids is 1. The third-order valence-electron chi connectivity index (χ3n) is 2.86. The van der Waals surface area contributed by atoms with Gasteiger partial charge in [0, 0.05) is 10.5 Å². The van der Waals surface area contributed by atoms with Gasteiger partial charge >= 0.3 is 5.97 Å². The number of carboxylic acids is 1. The number of halogens is 2.